The number of pyridine rings is 1. The summed E-state index contributed by atoms with van der Waals surface area (Å²) >= 11 is 0. The zero-order chi connectivity index (χ0) is 19.4. The Hall–Kier alpha value is -2.25. The Balaban J connectivity index is 1.69. The maximum atomic E-state index is 13.1. The van der Waals surface area contributed by atoms with E-state index in [2.05, 4.69) is 10.3 Å². The standard InChI is InChI=1S/C20H25N3O3S/c1-15-7-8-16(2)19(11-15)27(25,26)23-10-4-6-18(14-23)20(24)22-13-17-5-3-9-21-12-17/h3,5,7-9,11-12,18H,4,6,10,13-14H2,1-2H3,(H,22,24)/t18-/m1/s1. The van der Waals surface area contributed by atoms with Crippen LogP contribution in [0, 0.1) is 19.8 Å². The quantitative estimate of drug-likeness (QED) is 0.854. The summed E-state index contributed by atoms with van der Waals surface area (Å²) in [5, 5.41) is 2.90. The first-order valence-corrected chi connectivity index (χ1v) is 10.6. The third-order valence-electron chi connectivity index (χ3n) is 4.91. The molecule has 0 unspecified atom stereocenters. The Labute approximate surface area is 160 Å². The topological polar surface area (TPSA) is 79.4 Å². The van der Waals surface area contributed by atoms with Crippen molar-refractivity contribution >= 4 is 15.9 Å². The molecule has 1 aliphatic heterocycles. The zero-order valence-corrected chi connectivity index (χ0v) is 16.5. The van der Waals surface area contributed by atoms with Crippen molar-refractivity contribution in [2.45, 2.75) is 38.1 Å². The highest BCUT2D eigenvalue weighted by Crippen LogP contribution is 2.26. The van der Waals surface area contributed by atoms with E-state index in [1.54, 1.807) is 25.4 Å². The third kappa shape index (κ3) is 4.54. The minimum atomic E-state index is -3.61. The lowest BCUT2D eigenvalue weighted by molar-refractivity contribution is -0.126. The molecular formula is C20H25N3O3S. The number of benzene rings is 1. The second kappa shape index (κ2) is 8.19. The Morgan fingerprint density at radius 1 is 1.30 bits per heavy atom. The van der Waals surface area contributed by atoms with Gasteiger partial charge in [0.2, 0.25) is 15.9 Å². The molecule has 144 valence electrons. The summed E-state index contributed by atoms with van der Waals surface area (Å²) in [5.41, 5.74) is 2.55. The second-order valence-electron chi connectivity index (χ2n) is 7.05. The summed E-state index contributed by atoms with van der Waals surface area (Å²) in [5.74, 6) is -0.449. The van der Waals surface area contributed by atoms with Crippen molar-refractivity contribution in [2.75, 3.05) is 13.1 Å². The van der Waals surface area contributed by atoms with Crippen molar-refractivity contribution < 1.29 is 13.2 Å². The summed E-state index contributed by atoms with van der Waals surface area (Å²) in [6, 6.07) is 9.15. The highest BCUT2D eigenvalue weighted by Gasteiger charge is 2.33. The number of amides is 1. The molecule has 1 saturated heterocycles. The van der Waals surface area contributed by atoms with Gasteiger partial charge >= 0.3 is 0 Å². The fraction of sp³-hybridized carbons (Fsp3) is 0.400. The molecule has 2 aromatic rings. The van der Waals surface area contributed by atoms with Crippen LogP contribution in [0.15, 0.2) is 47.6 Å². The van der Waals surface area contributed by atoms with Crippen LogP contribution in [0.25, 0.3) is 0 Å². The van der Waals surface area contributed by atoms with E-state index >= 15 is 0 Å². The van der Waals surface area contributed by atoms with Crippen LogP contribution in [0.4, 0.5) is 0 Å². The number of nitrogens with one attached hydrogen (secondary N) is 1. The van der Waals surface area contributed by atoms with Gasteiger partial charge in [-0.3, -0.25) is 9.78 Å². The van der Waals surface area contributed by atoms with Crippen molar-refractivity contribution in [3.05, 3.63) is 59.4 Å². The molecule has 0 saturated carbocycles. The summed E-state index contributed by atoms with van der Waals surface area (Å²) in [7, 11) is -3.61. The van der Waals surface area contributed by atoms with E-state index in [1.165, 1.54) is 4.31 Å². The number of sulfonamides is 1. The Bertz CT molecular complexity index is 913. The van der Waals surface area contributed by atoms with E-state index in [0.717, 1.165) is 16.7 Å². The molecule has 3 rings (SSSR count). The van der Waals surface area contributed by atoms with Gasteiger partial charge in [0.05, 0.1) is 10.8 Å². The van der Waals surface area contributed by atoms with Gasteiger partial charge in [0, 0.05) is 32.0 Å². The molecule has 27 heavy (non-hydrogen) atoms. The molecule has 1 N–H and O–H groups in total. The molecule has 0 aliphatic carbocycles. The summed E-state index contributed by atoms with van der Waals surface area (Å²) in [4.78, 5) is 16.9. The first-order valence-electron chi connectivity index (χ1n) is 9.12. The van der Waals surface area contributed by atoms with Gasteiger partial charge in [0.25, 0.3) is 0 Å². The number of aryl methyl sites for hydroxylation is 2. The number of carbonyl (C=O) groups excluding carboxylic acids is 1. The van der Waals surface area contributed by atoms with Crippen molar-refractivity contribution in [2.24, 2.45) is 5.92 Å². The largest absolute Gasteiger partial charge is 0.352 e. The summed E-state index contributed by atoms with van der Waals surface area (Å²) in [6.45, 7) is 4.74. The molecule has 1 amide bonds. The molecule has 1 aromatic heterocycles. The smallest absolute Gasteiger partial charge is 0.243 e. The van der Waals surface area contributed by atoms with E-state index in [9.17, 15) is 13.2 Å². The number of nitrogens with zero attached hydrogens (tertiary/aromatic N) is 2. The van der Waals surface area contributed by atoms with E-state index in [-0.39, 0.29) is 18.4 Å². The summed E-state index contributed by atoms with van der Waals surface area (Å²) in [6.07, 6.45) is 4.76. The maximum Gasteiger partial charge on any atom is 0.243 e. The van der Waals surface area contributed by atoms with E-state index in [0.29, 0.717) is 30.8 Å². The van der Waals surface area contributed by atoms with Crippen LogP contribution in [0.1, 0.15) is 29.5 Å². The van der Waals surface area contributed by atoms with Crippen molar-refractivity contribution in [3.8, 4) is 0 Å². The Morgan fingerprint density at radius 3 is 2.85 bits per heavy atom. The van der Waals surface area contributed by atoms with Gasteiger partial charge in [-0.1, -0.05) is 18.2 Å². The number of aromatic nitrogens is 1. The van der Waals surface area contributed by atoms with Gasteiger partial charge < -0.3 is 5.32 Å². The zero-order valence-electron chi connectivity index (χ0n) is 15.7. The lowest BCUT2D eigenvalue weighted by Crippen LogP contribution is -2.45. The predicted octanol–water partition coefficient (Wildman–Crippen LogP) is 2.42. The van der Waals surface area contributed by atoms with Crippen LogP contribution < -0.4 is 5.32 Å². The van der Waals surface area contributed by atoms with Crippen molar-refractivity contribution in [1.29, 1.82) is 0 Å². The molecule has 1 atom stereocenters. The van der Waals surface area contributed by atoms with Crippen LogP contribution in [0.5, 0.6) is 0 Å². The molecule has 7 heteroatoms. The van der Waals surface area contributed by atoms with E-state index in [4.69, 9.17) is 0 Å². The lowest BCUT2D eigenvalue weighted by Gasteiger charge is -2.31. The van der Waals surface area contributed by atoms with Gasteiger partial charge in [-0.05, 0) is 55.5 Å². The van der Waals surface area contributed by atoms with Crippen LogP contribution in [-0.2, 0) is 21.4 Å². The Kier molecular flexibility index (Phi) is 5.92. The van der Waals surface area contributed by atoms with Gasteiger partial charge in [-0.2, -0.15) is 4.31 Å². The van der Waals surface area contributed by atoms with E-state index < -0.39 is 10.0 Å². The molecule has 1 aliphatic rings. The van der Waals surface area contributed by atoms with Crippen LogP contribution >= 0.6 is 0 Å². The molecule has 1 fully saturated rings. The number of hydrogen-bond donors (Lipinski definition) is 1. The molecule has 6 nitrogen and oxygen atoms in total. The van der Waals surface area contributed by atoms with Crippen molar-refractivity contribution in [3.63, 3.8) is 0 Å². The number of carbonyl (C=O) groups is 1. The molecular weight excluding hydrogens is 362 g/mol. The van der Waals surface area contributed by atoms with Gasteiger partial charge in [0.1, 0.15) is 0 Å². The monoisotopic (exact) mass is 387 g/mol. The molecule has 0 bridgehead atoms. The lowest BCUT2D eigenvalue weighted by atomic mass is 9.99. The predicted molar refractivity (Wildman–Crippen MR) is 103 cm³/mol. The molecule has 0 spiro atoms. The van der Waals surface area contributed by atoms with Crippen LogP contribution in [-0.4, -0.2) is 36.7 Å². The Morgan fingerprint density at radius 2 is 2.11 bits per heavy atom. The highest BCUT2D eigenvalue weighted by atomic mass is 32.2. The van der Waals surface area contributed by atoms with Crippen LogP contribution in [0.2, 0.25) is 0 Å². The average molecular weight is 388 g/mol. The summed E-state index contributed by atoms with van der Waals surface area (Å²) < 4.78 is 27.6. The fourth-order valence-electron chi connectivity index (χ4n) is 3.34. The van der Waals surface area contributed by atoms with Gasteiger partial charge in [-0.25, -0.2) is 8.42 Å². The minimum absolute atomic E-state index is 0.111. The number of hydrogen-bond acceptors (Lipinski definition) is 4. The first-order chi connectivity index (χ1) is 12.9. The molecule has 0 radical (unpaired) electrons. The fourth-order valence-corrected chi connectivity index (χ4v) is 5.17. The number of rotatable bonds is 5. The first kappa shape index (κ1) is 19.5. The van der Waals surface area contributed by atoms with Gasteiger partial charge in [0.15, 0.2) is 0 Å². The highest BCUT2D eigenvalue weighted by molar-refractivity contribution is 7.89. The normalized spacial score (nSPS) is 18.2. The number of piperidine rings is 1. The van der Waals surface area contributed by atoms with Crippen LogP contribution in [0.3, 0.4) is 0 Å². The SMILES string of the molecule is Cc1ccc(C)c(S(=O)(=O)N2CCC[C@@H](C(=O)NCc3cccnc3)C2)c1. The average Bonchev–Trinajstić information content (AvgIpc) is 2.68. The third-order valence-corrected chi connectivity index (χ3v) is 6.91. The minimum Gasteiger partial charge on any atom is -0.352 e. The second-order valence-corrected chi connectivity index (χ2v) is 8.96. The molecule has 1 aromatic carbocycles. The van der Waals surface area contributed by atoms with E-state index in [1.807, 2.05) is 31.2 Å². The molecule has 2 heterocycles. The maximum absolute atomic E-state index is 13.1. The van der Waals surface area contributed by atoms with Gasteiger partial charge in [-0.15, -0.1) is 0 Å². The van der Waals surface area contributed by atoms with Crippen molar-refractivity contribution in [1.82, 2.24) is 14.6 Å².